The number of hydrogen-bond acceptors (Lipinski definition) is 4. The molecule has 1 saturated heterocycles. The van der Waals surface area contributed by atoms with Crippen LogP contribution in [-0.2, 0) is 0 Å². The fraction of sp³-hybridized carbons (Fsp3) is 0.350. The molecule has 2 aromatic carbocycles. The van der Waals surface area contributed by atoms with Crippen molar-refractivity contribution in [3.63, 3.8) is 0 Å². The third-order valence-corrected chi connectivity index (χ3v) is 5.33. The molecule has 1 spiro atoms. The highest BCUT2D eigenvalue weighted by Gasteiger charge is 2.38. The summed E-state index contributed by atoms with van der Waals surface area (Å²) in [4.78, 5) is 5.12. The van der Waals surface area contributed by atoms with Crippen LogP contribution in [0.25, 0.3) is 0 Å². The molecule has 0 radical (unpaired) electrons. The molecule has 2 aromatic rings. The molecule has 4 rings (SSSR count). The zero-order valence-electron chi connectivity index (χ0n) is 14.0. The summed E-state index contributed by atoms with van der Waals surface area (Å²) in [6, 6.07) is 15.6. The second kappa shape index (κ2) is 6.79. The Morgan fingerprint density at radius 2 is 1.84 bits per heavy atom. The number of phenols is 1. The van der Waals surface area contributed by atoms with Crippen LogP contribution in [0.5, 0.6) is 5.75 Å². The van der Waals surface area contributed by atoms with Crippen LogP contribution in [0.1, 0.15) is 36.4 Å². The lowest BCUT2D eigenvalue weighted by atomic mass is 9.88. The summed E-state index contributed by atoms with van der Waals surface area (Å²) in [6.45, 7) is 1.87. The first-order valence-corrected chi connectivity index (χ1v) is 9.14. The van der Waals surface area contributed by atoms with Crippen molar-refractivity contribution in [3.8, 4) is 5.75 Å². The number of piperidine rings is 1. The maximum atomic E-state index is 10.4. The lowest BCUT2D eigenvalue weighted by molar-refractivity contribution is 0.216. The van der Waals surface area contributed by atoms with E-state index in [9.17, 15) is 5.11 Å². The fourth-order valence-corrected chi connectivity index (χ4v) is 3.99. The van der Waals surface area contributed by atoms with Crippen molar-refractivity contribution < 1.29 is 5.11 Å². The van der Waals surface area contributed by atoms with E-state index >= 15 is 0 Å². The largest absolute Gasteiger partial charge is 0.508 e. The fourth-order valence-electron chi connectivity index (χ4n) is 3.81. The molecule has 0 aliphatic carbocycles. The molecule has 0 unspecified atom stereocenters. The van der Waals surface area contributed by atoms with Crippen LogP contribution < -0.4 is 10.6 Å². The van der Waals surface area contributed by atoms with Crippen LogP contribution in [0.2, 0.25) is 5.02 Å². The van der Waals surface area contributed by atoms with Gasteiger partial charge in [0.1, 0.15) is 11.4 Å². The van der Waals surface area contributed by atoms with E-state index in [4.69, 9.17) is 16.6 Å². The average molecular weight is 356 g/mol. The summed E-state index contributed by atoms with van der Waals surface area (Å²) in [5.41, 5.74) is 2.79. The summed E-state index contributed by atoms with van der Waals surface area (Å²) in [6.07, 6.45) is 2.59. The van der Waals surface area contributed by atoms with Crippen molar-refractivity contribution in [2.75, 3.05) is 13.1 Å². The second-order valence-corrected chi connectivity index (χ2v) is 7.25. The minimum atomic E-state index is -0.284. The molecule has 0 amide bonds. The molecule has 4 nitrogen and oxygen atoms in total. The smallest absolute Gasteiger partial charge is 0.120 e. The standard InChI is InChI=1S/C20H22ClN3O/c21-15-6-7-19(25)16(12-15)18-13-17(14-4-2-1-3-5-14)23-20(24-18)8-10-22-11-9-20/h1-7,12,18,22,24-25H,8-11,13H2/t18-/m1/s1. The van der Waals surface area contributed by atoms with Gasteiger partial charge in [-0.1, -0.05) is 41.9 Å². The van der Waals surface area contributed by atoms with Gasteiger partial charge >= 0.3 is 0 Å². The molecule has 1 atom stereocenters. The highest BCUT2D eigenvalue weighted by atomic mass is 35.5. The summed E-state index contributed by atoms with van der Waals surface area (Å²) in [5.74, 6) is 0.278. The zero-order valence-corrected chi connectivity index (χ0v) is 14.8. The van der Waals surface area contributed by atoms with Crippen LogP contribution in [0.3, 0.4) is 0 Å². The Kier molecular flexibility index (Phi) is 4.50. The van der Waals surface area contributed by atoms with Gasteiger partial charge in [0.05, 0.1) is 0 Å². The molecular weight excluding hydrogens is 334 g/mol. The molecule has 2 aliphatic rings. The maximum Gasteiger partial charge on any atom is 0.120 e. The zero-order chi connectivity index (χ0) is 17.3. The molecule has 5 heteroatoms. The van der Waals surface area contributed by atoms with Gasteiger partial charge in [0.2, 0.25) is 0 Å². The van der Waals surface area contributed by atoms with E-state index in [1.54, 1.807) is 12.1 Å². The van der Waals surface area contributed by atoms with Crippen LogP contribution in [0.15, 0.2) is 53.5 Å². The normalized spacial score (nSPS) is 22.6. The number of hydrogen-bond donors (Lipinski definition) is 3. The van der Waals surface area contributed by atoms with E-state index in [1.807, 2.05) is 24.3 Å². The number of benzene rings is 2. The summed E-state index contributed by atoms with van der Waals surface area (Å²) in [5, 5.41) is 18.1. The van der Waals surface area contributed by atoms with Gasteiger partial charge in [-0.25, -0.2) is 0 Å². The van der Waals surface area contributed by atoms with E-state index in [0.29, 0.717) is 5.02 Å². The Hall–Kier alpha value is -1.88. The van der Waals surface area contributed by atoms with Gasteiger partial charge in [-0.15, -0.1) is 0 Å². The van der Waals surface area contributed by atoms with Gasteiger partial charge in [-0.2, -0.15) is 0 Å². The predicted molar refractivity (Wildman–Crippen MR) is 101 cm³/mol. The Balaban J connectivity index is 1.75. The van der Waals surface area contributed by atoms with Crippen LogP contribution in [0, 0.1) is 0 Å². The molecule has 130 valence electrons. The number of aliphatic imine (C=N–C) groups is 1. The van der Waals surface area contributed by atoms with E-state index in [0.717, 1.165) is 49.2 Å². The summed E-state index contributed by atoms with van der Waals surface area (Å²) in [7, 11) is 0. The number of nitrogens with one attached hydrogen (secondary N) is 2. The van der Waals surface area contributed by atoms with Crippen molar-refractivity contribution in [1.29, 1.82) is 0 Å². The Bertz CT molecular complexity index is 785. The minimum absolute atomic E-state index is 0.00972. The molecule has 0 aromatic heterocycles. The molecule has 2 aliphatic heterocycles. The number of rotatable bonds is 2. The van der Waals surface area contributed by atoms with E-state index in [2.05, 4.69) is 22.8 Å². The molecule has 0 bridgehead atoms. The van der Waals surface area contributed by atoms with Gasteiger partial charge in [0.25, 0.3) is 0 Å². The topological polar surface area (TPSA) is 56.7 Å². The first-order chi connectivity index (χ1) is 12.2. The average Bonchev–Trinajstić information content (AvgIpc) is 2.64. The van der Waals surface area contributed by atoms with Crippen LogP contribution in [-0.4, -0.2) is 29.6 Å². The van der Waals surface area contributed by atoms with Gasteiger partial charge in [0.15, 0.2) is 0 Å². The quantitative estimate of drug-likeness (QED) is 0.770. The molecule has 1 fully saturated rings. The lowest BCUT2D eigenvalue weighted by Crippen LogP contribution is -2.55. The highest BCUT2D eigenvalue weighted by molar-refractivity contribution is 6.30. The van der Waals surface area contributed by atoms with Crippen molar-refractivity contribution in [3.05, 3.63) is 64.7 Å². The SMILES string of the molecule is Oc1ccc(Cl)cc1[C@H]1CC(c2ccccc2)=NC2(CCNCC2)N1. The number of phenolic OH excluding ortho intramolecular Hbond substituents is 1. The van der Waals surface area contributed by atoms with Crippen molar-refractivity contribution in [2.45, 2.75) is 31.0 Å². The van der Waals surface area contributed by atoms with Crippen molar-refractivity contribution in [1.82, 2.24) is 10.6 Å². The third kappa shape index (κ3) is 3.43. The molecular formula is C20H22ClN3O. The Morgan fingerprint density at radius 3 is 2.60 bits per heavy atom. The lowest BCUT2D eigenvalue weighted by Gasteiger charge is -2.42. The first kappa shape index (κ1) is 16.6. The van der Waals surface area contributed by atoms with Crippen LogP contribution >= 0.6 is 11.6 Å². The molecule has 0 saturated carbocycles. The Labute approximate surface area is 152 Å². The van der Waals surface area contributed by atoms with E-state index in [-0.39, 0.29) is 17.5 Å². The van der Waals surface area contributed by atoms with Crippen LogP contribution in [0.4, 0.5) is 0 Å². The summed E-state index contributed by atoms with van der Waals surface area (Å²) < 4.78 is 0. The Morgan fingerprint density at radius 1 is 1.08 bits per heavy atom. The molecule has 2 heterocycles. The minimum Gasteiger partial charge on any atom is -0.508 e. The molecule has 25 heavy (non-hydrogen) atoms. The number of aromatic hydroxyl groups is 1. The predicted octanol–water partition coefficient (Wildman–Crippen LogP) is 3.65. The van der Waals surface area contributed by atoms with E-state index < -0.39 is 0 Å². The van der Waals surface area contributed by atoms with Gasteiger partial charge in [0, 0.05) is 28.8 Å². The second-order valence-electron chi connectivity index (χ2n) is 6.81. The molecule has 3 N–H and O–H groups in total. The van der Waals surface area contributed by atoms with Gasteiger partial charge in [-0.05, 0) is 49.7 Å². The first-order valence-electron chi connectivity index (χ1n) is 8.76. The van der Waals surface area contributed by atoms with Crippen molar-refractivity contribution >= 4 is 17.3 Å². The highest BCUT2D eigenvalue weighted by Crippen LogP contribution is 2.37. The van der Waals surface area contributed by atoms with Gasteiger partial charge < -0.3 is 10.4 Å². The third-order valence-electron chi connectivity index (χ3n) is 5.09. The van der Waals surface area contributed by atoms with Gasteiger partial charge in [-0.3, -0.25) is 10.3 Å². The summed E-state index contributed by atoms with van der Waals surface area (Å²) >= 11 is 6.19. The monoisotopic (exact) mass is 355 g/mol. The van der Waals surface area contributed by atoms with Crippen molar-refractivity contribution in [2.24, 2.45) is 4.99 Å². The maximum absolute atomic E-state index is 10.4. The van der Waals surface area contributed by atoms with E-state index in [1.165, 1.54) is 0 Å². The number of nitrogens with zero attached hydrogens (tertiary/aromatic N) is 1. The number of halogens is 1.